The summed E-state index contributed by atoms with van der Waals surface area (Å²) in [6, 6.07) is 5.36. The molecule has 92 valence electrons. The van der Waals surface area contributed by atoms with E-state index in [1.165, 1.54) is 11.6 Å². The van der Waals surface area contributed by atoms with Gasteiger partial charge in [-0.3, -0.25) is 0 Å². The van der Waals surface area contributed by atoms with Gasteiger partial charge in [0.25, 0.3) is 0 Å². The van der Waals surface area contributed by atoms with Gasteiger partial charge in [0.05, 0.1) is 0 Å². The molecular formula is C14H18O3. The van der Waals surface area contributed by atoms with E-state index in [-0.39, 0.29) is 0 Å². The van der Waals surface area contributed by atoms with Crippen molar-refractivity contribution in [3.63, 3.8) is 0 Å². The zero-order valence-electron chi connectivity index (χ0n) is 10.3. The van der Waals surface area contributed by atoms with Crippen LogP contribution in [0.1, 0.15) is 18.1 Å². The number of aliphatic carboxylic acids is 1. The van der Waals surface area contributed by atoms with Crippen LogP contribution in [0.2, 0.25) is 0 Å². The van der Waals surface area contributed by atoms with Crippen molar-refractivity contribution in [2.75, 3.05) is 0 Å². The van der Waals surface area contributed by atoms with Gasteiger partial charge >= 0.3 is 5.97 Å². The standard InChI is InChI=1S/C8H10O.C6H8O2/c1-6-3-4-8(9)5-7(6)2;1-2-3-4-5-6(7)8/h3-5,9H,1-2H3;2-5H,1H3,(H,7,8). The maximum atomic E-state index is 9.75. The third-order valence-corrected chi connectivity index (χ3v) is 2.03. The third kappa shape index (κ3) is 7.85. The highest BCUT2D eigenvalue weighted by molar-refractivity contribution is 5.80. The van der Waals surface area contributed by atoms with Gasteiger partial charge in [-0.1, -0.05) is 24.3 Å². The summed E-state index contributed by atoms with van der Waals surface area (Å²) >= 11 is 0. The number of phenolic OH excluding ortho intramolecular Hbond substituents is 1. The number of aromatic hydroxyl groups is 1. The fourth-order valence-electron chi connectivity index (χ4n) is 0.975. The summed E-state index contributed by atoms with van der Waals surface area (Å²) in [6.45, 7) is 5.83. The highest BCUT2D eigenvalue weighted by Gasteiger charge is 1.90. The summed E-state index contributed by atoms with van der Waals surface area (Å²) in [7, 11) is 0. The number of phenols is 1. The second kappa shape index (κ2) is 8.16. The maximum Gasteiger partial charge on any atom is 0.328 e. The van der Waals surface area contributed by atoms with Crippen LogP contribution in [0.3, 0.4) is 0 Å². The molecule has 0 unspecified atom stereocenters. The van der Waals surface area contributed by atoms with Crippen LogP contribution < -0.4 is 0 Å². The Morgan fingerprint density at radius 2 is 1.82 bits per heavy atom. The topological polar surface area (TPSA) is 57.5 Å². The largest absolute Gasteiger partial charge is 0.508 e. The minimum Gasteiger partial charge on any atom is -0.508 e. The summed E-state index contributed by atoms with van der Waals surface area (Å²) < 4.78 is 0. The Labute approximate surface area is 102 Å². The SMILES string of the molecule is CC=CC=CC(=O)O.Cc1ccc(O)cc1C. The zero-order valence-corrected chi connectivity index (χ0v) is 10.3. The number of aryl methyl sites for hydroxylation is 2. The summed E-state index contributed by atoms with van der Waals surface area (Å²) in [5.41, 5.74) is 2.35. The predicted molar refractivity (Wildman–Crippen MR) is 69.2 cm³/mol. The van der Waals surface area contributed by atoms with Crippen LogP contribution in [-0.4, -0.2) is 16.2 Å². The van der Waals surface area contributed by atoms with Gasteiger partial charge in [-0.15, -0.1) is 0 Å². The van der Waals surface area contributed by atoms with E-state index < -0.39 is 5.97 Å². The number of allylic oxidation sites excluding steroid dienone is 3. The lowest BCUT2D eigenvalue weighted by Gasteiger charge is -1.97. The van der Waals surface area contributed by atoms with Crippen molar-refractivity contribution in [1.82, 2.24) is 0 Å². The van der Waals surface area contributed by atoms with Crippen molar-refractivity contribution in [2.45, 2.75) is 20.8 Å². The highest BCUT2D eigenvalue weighted by Crippen LogP contribution is 2.13. The van der Waals surface area contributed by atoms with E-state index in [9.17, 15) is 4.79 Å². The molecule has 1 aromatic carbocycles. The molecule has 0 aliphatic rings. The first-order chi connectivity index (χ1) is 7.97. The molecule has 1 rings (SSSR count). The lowest BCUT2D eigenvalue weighted by Crippen LogP contribution is -1.83. The van der Waals surface area contributed by atoms with Crippen LogP contribution in [-0.2, 0) is 4.79 Å². The van der Waals surface area contributed by atoms with Gasteiger partial charge in [0, 0.05) is 6.08 Å². The monoisotopic (exact) mass is 234 g/mol. The molecule has 0 bridgehead atoms. The first-order valence-electron chi connectivity index (χ1n) is 5.26. The molecule has 17 heavy (non-hydrogen) atoms. The molecule has 0 aromatic heterocycles. The van der Waals surface area contributed by atoms with E-state index in [2.05, 4.69) is 0 Å². The summed E-state index contributed by atoms with van der Waals surface area (Å²) in [6.07, 6.45) is 5.98. The van der Waals surface area contributed by atoms with E-state index in [0.717, 1.165) is 11.6 Å². The van der Waals surface area contributed by atoms with Crippen LogP contribution in [0.25, 0.3) is 0 Å². The number of benzene rings is 1. The fraction of sp³-hybridized carbons (Fsp3) is 0.214. The fourth-order valence-corrected chi connectivity index (χ4v) is 0.975. The second-order valence-electron chi connectivity index (χ2n) is 3.49. The smallest absolute Gasteiger partial charge is 0.328 e. The summed E-state index contributed by atoms with van der Waals surface area (Å²) in [4.78, 5) is 9.75. The van der Waals surface area contributed by atoms with Gasteiger partial charge in [0.1, 0.15) is 5.75 Å². The molecule has 0 radical (unpaired) electrons. The van der Waals surface area contributed by atoms with E-state index in [4.69, 9.17) is 10.2 Å². The molecule has 0 heterocycles. The van der Waals surface area contributed by atoms with Crippen LogP contribution in [0.5, 0.6) is 5.75 Å². The quantitative estimate of drug-likeness (QED) is 0.610. The third-order valence-electron chi connectivity index (χ3n) is 2.03. The first-order valence-corrected chi connectivity index (χ1v) is 5.26. The molecule has 0 saturated carbocycles. The molecular weight excluding hydrogens is 216 g/mol. The van der Waals surface area contributed by atoms with E-state index in [0.29, 0.717) is 5.75 Å². The number of rotatable bonds is 2. The van der Waals surface area contributed by atoms with Crippen molar-refractivity contribution in [1.29, 1.82) is 0 Å². The molecule has 0 aliphatic carbocycles. The Morgan fingerprint density at radius 1 is 1.18 bits per heavy atom. The van der Waals surface area contributed by atoms with Gasteiger partial charge in [-0.05, 0) is 44.0 Å². The lowest BCUT2D eigenvalue weighted by molar-refractivity contribution is -0.131. The highest BCUT2D eigenvalue weighted by atomic mass is 16.4. The van der Waals surface area contributed by atoms with Gasteiger partial charge in [0.2, 0.25) is 0 Å². The number of hydrogen-bond acceptors (Lipinski definition) is 2. The number of carbonyl (C=O) groups is 1. The van der Waals surface area contributed by atoms with Crippen LogP contribution >= 0.6 is 0 Å². The molecule has 0 fully saturated rings. The minimum absolute atomic E-state index is 0.345. The van der Waals surface area contributed by atoms with Crippen molar-refractivity contribution >= 4 is 5.97 Å². The van der Waals surface area contributed by atoms with Crippen molar-refractivity contribution in [3.05, 3.63) is 53.6 Å². The molecule has 2 N–H and O–H groups in total. The number of carboxylic acid groups (broad SMARTS) is 1. The average molecular weight is 234 g/mol. The predicted octanol–water partition coefficient (Wildman–Crippen LogP) is 3.21. The Hall–Kier alpha value is -2.03. The Balaban J connectivity index is 0.000000304. The normalized spacial score (nSPS) is 10.3. The molecule has 0 saturated heterocycles. The Bertz CT molecular complexity index is 417. The average Bonchev–Trinajstić information content (AvgIpc) is 2.25. The maximum absolute atomic E-state index is 9.75. The molecule has 3 nitrogen and oxygen atoms in total. The summed E-state index contributed by atoms with van der Waals surface area (Å²) in [5, 5.41) is 17.0. The second-order valence-corrected chi connectivity index (χ2v) is 3.49. The molecule has 0 amide bonds. The van der Waals surface area contributed by atoms with Crippen LogP contribution in [0.4, 0.5) is 0 Å². The first kappa shape index (κ1) is 15.0. The zero-order chi connectivity index (χ0) is 13.3. The van der Waals surface area contributed by atoms with Crippen molar-refractivity contribution < 1.29 is 15.0 Å². The van der Waals surface area contributed by atoms with E-state index in [1.54, 1.807) is 24.3 Å². The number of hydrogen-bond donors (Lipinski definition) is 2. The molecule has 3 heteroatoms. The van der Waals surface area contributed by atoms with E-state index in [1.807, 2.05) is 26.8 Å². The van der Waals surface area contributed by atoms with Crippen LogP contribution in [0, 0.1) is 13.8 Å². The Morgan fingerprint density at radius 3 is 2.24 bits per heavy atom. The van der Waals surface area contributed by atoms with Gasteiger partial charge in [-0.25, -0.2) is 4.79 Å². The molecule has 1 aromatic rings. The lowest BCUT2D eigenvalue weighted by atomic mass is 10.1. The summed E-state index contributed by atoms with van der Waals surface area (Å²) in [5.74, 6) is -0.568. The van der Waals surface area contributed by atoms with Gasteiger partial charge < -0.3 is 10.2 Å². The van der Waals surface area contributed by atoms with Crippen molar-refractivity contribution in [2.24, 2.45) is 0 Å². The van der Waals surface area contributed by atoms with Gasteiger partial charge in [0.15, 0.2) is 0 Å². The van der Waals surface area contributed by atoms with Gasteiger partial charge in [-0.2, -0.15) is 0 Å². The van der Waals surface area contributed by atoms with Crippen LogP contribution in [0.15, 0.2) is 42.5 Å². The Kier molecular flexibility index (Phi) is 7.19. The molecule has 0 atom stereocenters. The van der Waals surface area contributed by atoms with E-state index >= 15 is 0 Å². The molecule has 0 aliphatic heterocycles. The number of carboxylic acids is 1. The molecule has 0 spiro atoms. The van der Waals surface area contributed by atoms with Crippen molar-refractivity contribution in [3.8, 4) is 5.75 Å². The minimum atomic E-state index is -0.914.